The van der Waals surface area contributed by atoms with Crippen molar-refractivity contribution in [3.63, 3.8) is 0 Å². The van der Waals surface area contributed by atoms with Crippen LogP contribution in [0.15, 0.2) is 47.1 Å². The van der Waals surface area contributed by atoms with Gasteiger partial charge in [0.1, 0.15) is 11.9 Å². The Hall–Kier alpha value is -1.58. The van der Waals surface area contributed by atoms with Crippen molar-refractivity contribution in [3.05, 3.63) is 59.5 Å². The van der Waals surface area contributed by atoms with Crippen molar-refractivity contribution < 1.29 is 9.52 Å². The maximum Gasteiger partial charge on any atom is 0.132 e. The minimum absolute atomic E-state index is 0.519. The van der Waals surface area contributed by atoms with Crippen molar-refractivity contribution in [3.8, 4) is 0 Å². The number of hydrogen-bond acceptors (Lipinski definition) is 3. The summed E-state index contributed by atoms with van der Waals surface area (Å²) in [5, 5.41) is 10.1. The molecular formula is C15H17NO2. The van der Waals surface area contributed by atoms with E-state index in [0.717, 1.165) is 6.54 Å². The van der Waals surface area contributed by atoms with Gasteiger partial charge in [0.25, 0.3) is 0 Å². The van der Waals surface area contributed by atoms with Crippen LogP contribution in [0.3, 0.4) is 0 Å². The maximum absolute atomic E-state index is 10.1. The van der Waals surface area contributed by atoms with Crippen LogP contribution in [0.4, 0.5) is 0 Å². The van der Waals surface area contributed by atoms with Crippen molar-refractivity contribution in [1.29, 1.82) is 0 Å². The summed E-state index contributed by atoms with van der Waals surface area (Å²) >= 11 is 0. The van der Waals surface area contributed by atoms with Gasteiger partial charge in [-0.3, -0.25) is 4.90 Å². The van der Waals surface area contributed by atoms with Gasteiger partial charge in [0, 0.05) is 19.0 Å². The Morgan fingerprint density at radius 3 is 2.78 bits per heavy atom. The first-order chi connectivity index (χ1) is 8.75. The molecule has 2 heterocycles. The molecule has 3 atom stereocenters. The number of furan rings is 1. The van der Waals surface area contributed by atoms with E-state index < -0.39 is 6.10 Å². The van der Waals surface area contributed by atoms with Crippen LogP contribution in [-0.2, 0) is 6.42 Å². The number of rotatable bonds is 4. The van der Waals surface area contributed by atoms with Crippen molar-refractivity contribution in [2.24, 2.45) is 0 Å². The fourth-order valence-corrected chi connectivity index (χ4v) is 2.40. The molecule has 3 heteroatoms. The van der Waals surface area contributed by atoms with Crippen LogP contribution in [0.25, 0.3) is 0 Å². The molecule has 1 aliphatic rings. The van der Waals surface area contributed by atoms with E-state index >= 15 is 0 Å². The molecule has 1 saturated heterocycles. The molecule has 3 nitrogen and oxygen atoms in total. The molecule has 0 spiro atoms. The highest BCUT2D eigenvalue weighted by molar-refractivity contribution is 5.34. The van der Waals surface area contributed by atoms with Gasteiger partial charge in [0.15, 0.2) is 0 Å². The van der Waals surface area contributed by atoms with Crippen LogP contribution in [0.1, 0.15) is 29.0 Å². The Morgan fingerprint density at radius 2 is 2.11 bits per heavy atom. The molecule has 2 aromatic rings. The molecule has 1 fully saturated rings. The molecule has 1 unspecified atom stereocenters. The summed E-state index contributed by atoms with van der Waals surface area (Å²) < 4.78 is 5.24. The fraction of sp³-hybridized carbons (Fsp3) is 0.333. The zero-order valence-corrected chi connectivity index (χ0v) is 10.4. The SMILES string of the molecule is CN1C[C@H]1c1ccccc1C[C@@H](O)c1ccco1. The normalized spacial score (nSPS) is 23.9. The number of aliphatic hydroxyl groups excluding tert-OH is 1. The highest BCUT2D eigenvalue weighted by Crippen LogP contribution is 2.35. The van der Waals surface area contributed by atoms with Gasteiger partial charge in [-0.2, -0.15) is 0 Å². The number of likely N-dealkylation sites (N-methyl/N-ethyl adjacent to an activating group) is 1. The zero-order valence-electron chi connectivity index (χ0n) is 10.4. The third-order valence-corrected chi connectivity index (χ3v) is 3.56. The molecule has 94 valence electrons. The summed E-state index contributed by atoms with van der Waals surface area (Å²) in [5.74, 6) is 0.633. The largest absolute Gasteiger partial charge is 0.467 e. The van der Waals surface area contributed by atoms with E-state index in [4.69, 9.17) is 4.42 Å². The van der Waals surface area contributed by atoms with Gasteiger partial charge >= 0.3 is 0 Å². The molecular weight excluding hydrogens is 226 g/mol. The molecule has 1 aromatic carbocycles. The number of hydrogen-bond donors (Lipinski definition) is 1. The molecule has 0 bridgehead atoms. The van der Waals surface area contributed by atoms with Gasteiger partial charge in [-0.25, -0.2) is 0 Å². The van der Waals surface area contributed by atoms with Crippen LogP contribution >= 0.6 is 0 Å². The monoisotopic (exact) mass is 243 g/mol. The summed E-state index contributed by atoms with van der Waals surface area (Å²) in [6.45, 7) is 1.11. The third kappa shape index (κ3) is 2.19. The summed E-state index contributed by atoms with van der Waals surface area (Å²) in [6, 6.07) is 12.5. The minimum atomic E-state index is -0.565. The molecule has 0 aliphatic carbocycles. The molecule has 18 heavy (non-hydrogen) atoms. The highest BCUT2D eigenvalue weighted by atomic mass is 16.4. The Bertz CT molecular complexity index is 521. The lowest BCUT2D eigenvalue weighted by Gasteiger charge is -2.12. The lowest BCUT2D eigenvalue weighted by molar-refractivity contribution is 0.150. The van der Waals surface area contributed by atoms with Gasteiger partial charge in [-0.05, 0) is 30.3 Å². The topological polar surface area (TPSA) is 36.4 Å². The van der Waals surface area contributed by atoms with Gasteiger partial charge in [-0.15, -0.1) is 0 Å². The smallest absolute Gasteiger partial charge is 0.132 e. The van der Waals surface area contributed by atoms with Gasteiger partial charge in [-0.1, -0.05) is 24.3 Å². The quantitative estimate of drug-likeness (QED) is 0.838. The number of benzene rings is 1. The number of nitrogens with zero attached hydrogens (tertiary/aromatic N) is 1. The van der Waals surface area contributed by atoms with Crippen molar-refractivity contribution in [1.82, 2.24) is 4.90 Å². The first kappa shape index (κ1) is 11.5. The van der Waals surface area contributed by atoms with Crippen molar-refractivity contribution in [2.45, 2.75) is 18.6 Å². The van der Waals surface area contributed by atoms with Crippen LogP contribution in [0, 0.1) is 0 Å². The molecule has 1 N–H and O–H groups in total. The van der Waals surface area contributed by atoms with Crippen LogP contribution < -0.4 is 0 Å². The van der Waals surface area contributed by atoms with Gasteiger partial charge in [0.2, 0.25) is 0 Å². The summed E-state index contributed by atoms with van der Waals surface area (Å²) in [7, 11) is 2.12. The van der Waals surface area contributed by atoms with E-state index in [9.17, 15) is 5.11 Å². The van der Waals surface area contributed by atoms with Gasteiger partial charge in [0.05, 0.1) is 6.26 Å². The van der Waals surface area contributed by atoms with Crippen molar-refractivity contribution in [2.75, 3.05) is 13.6 Å². The van der Waals surface area contributed by atoms with E-state index in [0.29, 0.717) is 18.2 Å². The van der Waals surface area contributed by atoms with E-state index in [1.807, 2.05) is 12.1 Å². The third-order valence-electron chi connectivity index (χ3n) is 3.56. The molecule has 0 radical (unpaired) electrons. The fourth-order valence-electron chi connectivity index (χ4n) is 2.40. The average Bonchev–Trinajstić information content (AvgIpc) is 2.90. The van der Waals surface area contributed by atoms with Crippen LogP contribution in [0.2, 0.25) is 0 Å². The minimum Gasteiger partial charge on any atom is -0.467 e. The lowest BCUT2D eigenvalue weighted by Crippen LogP contribution is -2.04. The maximum atomic E-state index is 10.1. The molecule has 0 saturated carbocycles. The Balaban J connectivity index is 1.80. The molecule has 0 amide bonds. The van der Waals surface area contributed by atoms with Crippen LogP contribution in [-0.4, -0.2) is 23.6 Å². The first-order valence-corrected chi connectivity index (χ1v) is 6.25. The second-order valence-electron chi connectivity index (χ2n) is 4.89. The Kier molecular flexibility index (Phi) is 2.94. The van der Waals surface area contributed by atoms with Gasteiger partial charge < -0.3 is 9.52 Å². The summed E-state index contributed by atoms with van der Waals surface area (Å²) in [6.07, 6.45) is 1.64. The van der Waals surface area contributed by atoms with Crippen molar-refractivity contribution >= 4 is 0 Å². The predicted molar refractivity (Wildman–Crippen MR) is 69.2 cm³/mol. The predicted octanol–water partition coefficient (Wildman–Crippen LogP) is 2.54. The zero-order chi connectivity index (χ0) is 12.5. The van der Waals surface area contributed by atoms with E-state index in [2.05, 4.69) is 30.1 Å². The standard InChI is InChI=1S/C15H17NO2/c1-16-10-13(16)12-6-3-2-5-11(12)9-14(17)15-7-4-8-18-15/h2-8,13-14,17H,9-10H2,1H3/t13-,14+,16?/m0/s1. The molecule has 1 aromatic heterocycles. The Morgan fingerprint density at radius 1 is 1.33 bits per heavy atom. The first-order valence-electron chi connectivity index (χ1n) is 6.25. The van der Waals surface area contributed by atoms with E-state index in [1.54, 1.807) is 12.3 Å². The van der Waals surface area contributed by atoms with Crippen LogP contribution in [0.5, 0.6) is 0 Å². The molecule has 3 rings (SSSR count). The van der Waals surface area contributed by atoms with E-state index in [-0.39, 0.29) is 0 Å². The summed E-state index contributed by atoms with van der Waals surface area (Å²) in [5.41, 5.74) is 2.53. The number of aliphatic hydroxyl groups is 1. The average molecular weight is 243 g/mol. The Labute approximate surface area is 107 Å². The molecule has 1 aliphatic heterocycles. The second kappa shape index (κ2) is 4.59. The summed E-state index contributed by atoms with van der Waals surface area (Å²) in [4.78, 5) is 2.29. The van der Waals surface area contributed by atoms with E-state index in [1.165, 1.54) is 11.1 Å². The second-order valence-corrected chi connectivity index (χ2v) is 4.89. The lowest BCUT2D eigenvalue weighted by atomic mass is 9.98. The highest BCUT2D eigenvalue weighted by Gasteiger charge is 2.33.